The summed E-state index contributed by atoms with van der Waals surface area (Å²) in [4.78, 5) is 18.5. The van der Waals surface area contributed by atoms with E-state index in [-0.39, 0.29) is 11.7 Å². The molecule has 0 spiro atoms. The van der Waals surface area contributed by atoms with E-state index < -0.39 is 0 Å². The molecule has 22 heavy (non-hydrogen) atoms. The number of aromatic hydroxyl groups is 1. The van der Waals surface area contributed by atoms with Crippen molar-refractivity contribution in [2.24, 2.45) is 0 Å². The van der Waals surface area contributed by atoms with E-state index in [1.807, 2.05) is 17.9 Å². The van der Waals surface area contributed by atoms with Crippen LogP contribution in [0.5, 0.6) is 5.75 Å². The van der Waals surface area contributed by atoms with E-state index >= 15 is 0 Å². The number of hydrogen-bond acceptors (Lipinski definition) is 3. The third-order valence-corrected chi connectivity index (χ3v) is 4.28. The van der Waals surface area contributed by atoms with E-state index in [0.717, 1.165) is 42.8 Å². The molecule has 114 valence electrons. The Kier molecular flexibility index (Phi) is 4.03. The van der Waals surface area contributed by atoms with Gasteiger partial charge in [0.15, 0.2) is 0 Å². The Bertz CT molecular complexity index is 707. The van der Waals surface area contributed by atoms with Gasteiger partial charge in [0.25, 0.3) is 5.91 Å². The summed E-state index contributed by atoms with van der Waals surface area (Å²) in [6.07, 6.45) is 3.75. The van der Waals surface area contributed by atoms with Gasteiger partial charge in [-0.1, -0.05) is 11.6 Å². The number of rotatable bonds is 2. The van der Waals surface area contributed by atoms with Gasteiger partial charge in [-0.05, 0) is 49.6 Å². The molecule has 3 rings (SSSR count). The number of nitrogens with zero attached hydrogens (tertiary/aromatic N) is 2. The van der Waals surface area contributed by atoms with Crippen LogP contribution in [0.3, 0.4) is 0 Å². The maximum atomic E-state index is 12.3. The van der Waals surface area contributed by atoms with Gasteiger partial charge < -0.3 is 10.0 Å². The van der Waals surface area contributed by atoms with Gasteiger partial charge >= 0.3 is 0 Å². The Morgan fingerprint density at radius 1 is 1.27 bits per heavy atom. The molecule has 1 amide bonds. The maximum Gasteiger partial charge on any atom is 0.255 e. The van der Waals surface area contributed by atoms with E-state index in [4.69, 9.17) is 11.6 Å². The standard InChI is InChI=1S/C17H17ClN2O2/c1-11-8-16(21)14(18)9-13(11)15-5-4-12(10-19-15)17(22)20-6-2-3-7-20/h4-5,8-10,21H,2-3,6-7H2,1H3. The highest BCUT2D eigenvalue weighted by atomic mass is 35.5. The second-order valence-corrected chi connectivity index (χ2v) is 5.96. The molecule has 1 aliphatic rings. The van der Waals surface area contributed by atoms with Crippen LogP contribution in [0.15, 0.2) is 30.5 Å². The first-order valence-electron chi connectivity index (χ1n) is 7.31. The quantitative estimate of drug-likeness (QED) is 0.920. The van der Waals surface area contributed by atoms with Gasteiger partial charge in [0.05, 0.1) is 16.3 Å². The van der Waals surface area contributed by atoms with Crippen molar-refractivity contribution in [3.63, 3.8) is 0 Å². The van der Waals surface area contributed by atoms with Crippen molar-refractivity contribution in [2.45, 2.75) is 19.8 Å². The SMILES string of the molecule is Cc1cc(O)c(Cl)cc1-c1ccc(C(=O)N2CCCC2)cn1. The zero-order chi connectivity index (χ0) is 15.7. The van der Waals surface area contributed by atoms with Gasteiger partial charge in [-0.15, -0.1) is 0 Å². The minimum Gasteiger partial charge on any atom is -0.506 e. The number of aromatic nitrogens is 1. The molecule has 4 nitrogen and oxygen atoms in total. The Morgan fingerprint density at radius 3 is 2.64 bits per heavy atom. The number of phenolic OH excluding ortho intramolecular Hbond substituents is 1. The zero-order valence-electron chi connectivity index (χ0n) is 12.3. The average molecular weight is 317 g/mol. The number of halogens is 1. The number of benzene rings is 1. The van der Waals surface area contributed by atoms with E-state index in [9.17, 15) is 9.90 Å². The molecular formula is C17H17ClN2O2. The minimum atomic E-state index is 0.0389. The average Bonchev–Trinajstić information content (AvgIpc) is 3.05. The van der Waals surface area contributed by atoms with Crippen molar-refractivity contribution in [2.75, 3.05) is 13.1 Å². The summed E-state index contributed by atoms with van der Waals surface area (Å²) in [5, 5.41) is 9.90. The third-order valence-electron chi connectivity index (χ3n) is 3.97. The van der Waals surface area contributed by atoms with Gasteiger partial charge in [0, 0.05) is 24.8 Å². The summed E-state index contributed by atoms with van der Waals surface area (Å²) < 4.78 is 0. The number of aryl methyl sites for hydroxylation is 1. The number of carbonyl (C=O) groups excluding carboxylic acids is 1. The molecule has 2 aromatic rings. The van der Waals surface area contributed by atoms with Gasteiger partial charge in [0.1, 0.15) is 5.75 Å². The lowest BCUT2D eigenvalue weighted by molar-refractivity contribution is 0.0792. The highest BCUT2D eigenvalue weighted by molar-refractivity contribution is 6.32. The molecule has 0 saturated carbocycles. The second-order valence-electron chi connectivity index (χ2n) is 5.55. The van der Waals surface area contributed by atoms with Crippen molar-refractivity contribution < 1.29 is 9.90 Å². The number of pyridine rings is 1. The van der Waals surface area contributed by atoms with Crippen molar-refractivity contribution in [3.05, 3.63) is 46.6 Å². The maximum absolute atomic E-state index is 12.3. The molecule has 1 aromatic carbocycles. The largest absolute Gasteiger partial charge is 0.506 e. The van der Waals surface area contributed by atoms with Crippen LogP contribution in [0.1, 0.15) is 28.8 Å². The van der Waals surface area contributed by atoms with Crippen LogP contribution >= 0.6 is 11.6 Å². The van der Waals surface area contributed by atoms with Crippen LogP contribution in [0, 0.1) is 6.92 Å². The van der Waals surface area contributed by atoms with Crippen LogP contribution in [0.4, 0.5) is 0 Å². The first-order valence-corrected chi connectivity index (χ1v) is 7.69. The summed E-state index contributed by atoms with van der Waals surface area (Å²) in [6.45, 7) is 3.54. The lowest BCUT2D eigenvalue weighted by atomic mass is 10.0. The second kappa shape index (κ2) is 5.97. The lowest BCUT2D eigenvalue weighted by Gasteiger charge is -2.15. The first-order chi connectivity index (χ1) is 10.6. The topological polar surface area (TPSA) is 53.4 Å². The van der Waals surface area contributed by atoms with Crippen molar-refractivity contribution >= 4 is 17.5 Å². The Labute approximate surface area is 134 Å². The molecule has 1 N–H and O–H groups in total. The predicted molar refractivity (Wildman–Crippen MR) is 86.2 cm³/mol. The molecule has 1 aromatic heterocycles. The fourth-order valence-corrected chi connectivity index (χ4v) is 2.89. The smallest absolute Gasteiger partial charge is 0.255 e. The molecule has 1 aliphatic heterocycles. The molecule has 0 atom stereocenters. The number of carbonyl (C=O) groups is 1. The first kappa shape index (κ1) is 14.9. The van der Waals surface area contributed by atoms with Crippen LogP contribution in [-0.2, 0) is 0 Å². The van der Waals surface area contributed by atoms with Crippen LogP contribution in [0.25, 0.3) is 11.3 Å². The van der Waals surface area contributed by atoms with Crippen molar-refractivity contribution in [3.8, 4) is 17.0 Å². The summed E-state index contributed by atoms with van der Waals surface area (Å²) in [7, 11) is 0. The molecule has 2 heterocycles. The molecule has 5 heteroatoms. The summed E-state index contributed by atoms with van der Waals surface area (Å²) in [5.41, 5.74) is 3.07. The fraction of sp³-hybridized carbons (Fsp3) is 0.294. The van der Waals surface area contributed by atoms with E-state index in [0.29, 0.717) is 10.6 Å². The monoisotopic (exact) mass is 316 g/mol. The summed E-state index contributed by atoms with van der Waals surface area (Å²) in [5.74, 6) is 0.0979. The van der Waals surface area contributed by atoms with Gasteiger partial charge in [-0.25, -0.2) is 0 Å². The molecule has 0 bridgehead atoms. The zero-order valence-corrected chi connectivity index (χ0v) is 13.1. The summed E-state index contributed by atoms with van der Waals surface area (Å²) >= 11 is 5.96. The van der Waals surface area contributed by atoms with E-state index in [1.54, 1.807) is 24.4 Å². The van der Waals surface area contributed by atoms with E-state index in [2.05, 4.69) is 4.98 Å². The van der Waals surface area contributed by atoms with E-state index in [1.165, 1.54) is 0 Å². The highest BCUT2D eigenvalue weighted by Crippen LogP contribution is 2.32. The lowest BCUT2D eigenvalue weighted by Crippen LogP contribution is -2.27. The van der Waals surface area contributed by atoms with Crippen LogP contribution in [-0.4, -0.2) is 34.0 Å². The summed E-state index contributed by atoms with van der Waals surface area (Å²) in [6, 6.07) is 6.92. The molecule has 0 aliphatic carbocycles. The van der Waals surface area contributed by atoms with Crippen LogP contribution in [0.2, 0.25) is 5.02 Å². The fourth-order valence-electron chi connectivity index (χ4n) is 2.72. The van der Waals surface area contributed by atoms with Crippen molar-refractivity contribution in [1.29, 1.82) is 0 Å². The normalized spacial score (nSPS) is 14.4. The molecule has 0 radical (unpaired) electrons. The number of phenols is 1. The highest BCUT2D eigenvalue weighted by Gasteiger charge is 2.19. The number of hydrogen-bond donors (Lipinski definition) is 1. The third kappa shape index (κ3) is 2.79. The van der Waals surface area contributed by atoms with Gasteiger partial charge in [-0.2, -0.15) is 0 Å². The van der Waals surface area contributed by atoms with Crippen molar-refractivity contribution in [1.82, 2.24) is 9.88 Å². The predicted octanol–water partition coefficient (Wildman–Crippen LogP) is 3.65. The minimum absolute atomic E-state index is 0.0389. The molecular weight excluding hydrogens is 300 g/mol. The molecule has 1 fully saturated rings. The number of amides is 1. The Morgan fingerprint density at radius 2 is 2.00 bits per heavy atom. The Balaban J connectivity index is 1.88. The van der Waals surface area contributed by atoms with Gasteiger partial charge in [-0.3, -0.25) is 9.78 Å². The van der Waals surface area contributed by atoms with Crippen LogP contribution < -0.4 is 0 Å². The molecule has 0 unspecified atom stereocenters. The van der Waals surface area contributed by atoms with Gasteiger partial charge in [0.2, 0.25) is 0 Å². The number of likely N-dealkylation sites (tertiary alicyclic amines) is 1. The Hall–Kier alpha value is -2.07. The molecule has 1 saturated heterocycles.